The van der Waals surface area contributed by atoms with Crippen LogP contribution in [-0.4, -0.2) is 43.1 Å². The zero-order valence-electron chi connectivity index (χ0n) is 14.4. The Labute approximate surface area is 131 Å². The van der Waals surface area contributed by atoms with Crippen LogP contribution in [0.4, 0.5) is 0 Å². The van der Waals surface area contributed by atoms with Gasteiger partial charge in [-0.1, -0.05) is 46.4 Å². The summed E-state index contributed by atoms with van der Waals surface area (Å²) in [6, 6.07) is 0. The van der Waals surface area contributed by atoms with Crippen molar-refractivity contribution in [2.75, 3.05) is 33.3 Å². The normalized spacial score (nSPS) is 26.4. The topological polar surface area (TPSA) is 0 Å². The molecule has 20 heavy (non-hydrogen) atoms. The highest BCUT2D eigenvalue weighted by Crippen LogP contribution is 2.80. The summed E-state index contributed by atoms with van der Waals surface area (Å²) in [5.74, 6) is 0. The first-order valence-corrected chi connectivity index (χ1v) is 14.8. The second-order valence-corrected chi connectivity index (χ2v) is 16.3. The highest BCUT2D eigenvalue weighted by Gasteiger charge is 2.51. The Balaban J connectivity index is 2.30. The summed E-state index contributed by atoms with van der Waals surface area (Å²) < 4.78 is 0. The van der Waals surface area contributed by atoms with E-state index in [4.69, 9.17) is 0 Å². The fourth-order valence-electron chi connectivity index (χ4n) is 4.79. The van der Waals surface area contributed by atoms with Gasteiger partial charge in [0.25, 0.3) is 0 Å². The number of hydrogen-bond donors (Lipinski definition) is 0. The van der Waals surface area contributed by atoms with Gasteiger partial charge >= 0.3 is 0 Å². The van der Waals surface area contributed by atoms with Crippen molar-refractivity contribution in [2.24, 2.45) is 0 Å². The molecule has 0 spiro atoms. The Morgan fingerprint density at radius 1 is 0.500 bits per heavy atom. The van der Waals surface area contributed by atoms with Gasteiger partial charge in [0, 0.05) is 9.79 Å². The molecule has 0 unspecified atom stereocenters. The Kier molecular flexibility index (Phi) is 6.39. The summed E-state index contributed by atoms with van der Waals surface area (Å²) in [6.45, 7) is 13.1. The summed E-state index contributed by atoms with van der Waals surface area (Å²) in [6.07, 6.45) is 15.4. The molecule has 0 amide bonds. The van der Waals surface area contributed by atoms with Crippen LogP contribution in [0.3, 0.4) is 0 Å². The predicted molar refractivity (Wildman–Crippen MR) is 102 cm³/mol. The predicted octanol–water partition coefficient (Wildman–Crippen LogP) is 6.90. The van der Waals surface area contributed by atoms with Crippen molar-refractivity contribution in [1.29, 1.82) is 0 Å². The second-order valence-electron chi connectivity index (χ2n) is 7.43. The van der Waals surface area contributed by atoms with Crippen molar-refractivity contribution in [2.45, 2.75) is 74.0 Å². The highest BCUT2D eigenvalue weighted by atomic mass is 31.2. The highest BCUT2D eigenvalue weighted by molar-refractivity contribution is 7.84. The van der Waals surface area contributed by atoms with Crippen LogP contribution in [0.2, 0.25) is 0 Å². The summed E-state index contributed by atoms with van der Waals surface area (Å²) in [5.41, 5.74) is 0. The lowest BCUT2D eigenvalue weighted by molar-refractivity contribution is 0.450. The largest absolute Gasteiger partial charge is 0.102 e. The van der Waals surface area contributed by atoms with Gasteiger partial charge in [-0.25, -0.2) is 0 Å². The van der Waals surface area contributed by atoms with Gasteiger partial charge in [-0.15, -0.1) is 15.8 Å². The lowest BCUT2D eigenvalue weighted by atomic mass is 9.99. The number of hydrogen-bond acceptors (Lipinski definition) is 0. The van der Waals surface area contributed by atoms with Crippen LogP contribution < -0.4 is 0 Å². The van der Waals surface area contributed by atoms with Crippen molar-refractivity contribution in [3.63, 3.8) is 0 Å². The van der Waals surface area contributed by atoms with E-state index in [-0.39, 0.29) is 23.8 Å². The molecule has 2 aliphatic carbocycles. The van der Waals surface area contributed by atoms with Gasteiger partial charge in [0.2, 0.25) is 0 Å². The van der Waals surface area contributed by atoms with Gasteiger partial charge in [-0.3, -0.25) is 0 Å². The molecule has 2 saturated carbocycles. The third-order valence-corrected chi connectivity index (χ3v) is 18.0. The van der Waals surface area contributed by atoms with Gasteiger partial charge in [0.05, 0.1) is 0 Å². The van der Waals surface area contributed by atoms with Gasteiger partial charge in [-0.2, -0.15) is 0 Å². The lowest BCUT2D eigenvalue weighted by Crippen LogP contribution is -2.38. The molecule has 0 aromatic carbocycles. The molecule has 0 atom stereocenters. The molecule has 0 radical (unpaired) electrons. The number of rotatable bonds is 4. The monoisotopic (exact) mass is 332 g/mol. The molecule has 0 N–H and O–H groups in total. The molecule has 0 aromatic rings. The van der Waals surface area contributed by atoms with Gasteiger partial charge in [0.1, 0.15) is 0 Å². The Hall–Kier alpha value is 1.29. The molecule has 0 aromatic heterocycles. The molecule has 0 heterocycles. The van der Waals surface area contributed by atoms with E-state index in [1.807, 2.05) is 0 Å². The minimum absolute atomic E-state index is 0.193. The fraction of sp³-hybridized carbons (Fsp3) is 1.00. The van der Waals surface area contributed by atoms with Crippen LogP contribution in [0.15, 0.2) is 0 Å². The van der Waals surface area contributed by atoms with E-state index < -0.39 is 0 Å². The summed E-state index contributed by atoms with van der Waals surface area (Å²) in [7, 11) is 0.624. The molecule has 2 fully saturated rings. The minimum atomic E-state index is 0.193. The maximum atomic E-state index is 2.75. The summed E-state index contributed by atoms with van der Waals surface area (Å²) in [4.78, 5) is 1.57. The van der Waals surface area contributed by atoms with Crippen molar-refractivity contribution in [3.05, 3.63) is 0 Å². The van der Waals surface area contributed by atoms with Gasteiger partial charge in [0.15, 0.2) is 0 Å². The third kappa shape index (κ3) is 3.15. The average Bonchev–Trinajstić information content (AvgIpc) is 2.47. The summed E-state index contributed by atoms with van der Waals surface area (Å²) >= 11 is 0. The zero-order chi connectivity index (χ0) is 14.8. The van der Waals surface area contributed by atoms with Crippen molar-refractivity contribution < 1.29 is 0 Å². The average molecular weight is 332 g/mol. The van der Waals surface area contributed by atoms with Crippen LogP contribution in [0, 0.1) is 0 Å². The van der Waals surface area contributed by atoms with Crippen molar-refractivity contribution >= 4 is 23.8 Å². The molecular weight excluding hydrogens is 297 g/mol. The Bertz CT molecular complexity index is 269. The molecule has 118 valence electrons. The quantitative estimate of drug-likeness (QED) is 0.491. The van der Waals surface area contributed by atoms with Crippen molar-refractivity contribution in [1.82, 2.24) is 0 Å². The Morgan fingerprint density at radius 2 is 0.800 bits per heavy atom. The van der Waals surface area contributed by atoms with Crippen molar-refractivity contribution in [3.8, 4) is 0 Å². The van der Waals surface area contributed by atoms with Crippen LogP contribution >= 0.6 is 23.8 Å². The molecule has 0 aliphatic heterocycles. The first-order valence-electron chi connectivity index (χ1n) is 8.54. The molecular formula is C17H35P3. The van der Waals surface area contributed by atoms with E-state index in [9.17, 15) is 0 Å². The molecule has 0 nitrogen and oxygen atoms in total. The first kappa shape index (κ1) is 17.6. The Morgan fingerprint density at radius 3 is 1.05 bits per heavy atom. The van der Waals surface area contributed by atoms with Crippen LogP contribution in [0.1, 0.15) is 64.2 Å². The lowest BCUT2D eigenvalue weighted by Gasteiger charge is -2.57. The van der Waals surface area contributed by atoms with Gasteiger partial charge in [-0.05, 0) is 59.0 Å². The molecule has 0 bridgehead atoms. The van der Waals surface area contributed by atoms with E-state index in [2.05, 4.69) is 33.3 Å². The third-order valence-electron chi connectivity index (χ3n) is 6.22. The van der Waals surface area contributed by atoms with E-state index in [1.165, 1.54) is 38.5 Å². The minimum Gasteiger partial charge on any atom is -0.102 e. The van der Waals surface area contributed by atoms with Crippen LogP contribution in [0.5, 0.6) is 0 Å². The standard InChI is InChI=1S/C17H35P3/c1-18(2)16(12-8-6-9-13-16)20(5)17(19(3)4)14-10-7-11-15-17/h6-15H2,1-5H3. The van der Waals surface area contributed by atoms with E-state index in [0.29, 0.717) is 0 Å². The molecule has 3 heteroatoms. The molecule has 2 aliphatic rings. The van der Waals surface area contributed by atoms with Gasteiger partial charge < -0.3 is 0 Å². The van der Waals surface area contributed by atoms with E-state index >= 15 is 0 Å². The first-order chi connectivity index (χ1) is 9.46. The smallest absolute Gasteiger partial charge is 0.0107 e. The van der Waals surface area contributed by atoms with E-state index in [0.717, 1.165) is 9.79 Å². The van der Waals surface area contributed by atoms with Crippen LogP contribution in [0.25, 0.3) is 0 Å². The SMILES string of the molecule is CP(C)C1(P(C)C2(P(C)C)CCCCC2)CCCCC1. The molecule has 0 saturated heterocycles. The second kappa shape index (κ2) is 7.24. The molecule has 2 rings (SSSR count). The fourth-order valence-corrected chi connectivity index (χ4v) is 16.1. The van der Waals surface area contributed by atoms with Crippen LogP contribution in [-0.2, 0) is 0 Å². The summed E-state index contributed by atoms with van der Waals surface area (Å²) in [5, 5.41) is 0. The zero-order valence-corrected chi connectivity index (χ0v) is 17.1. The maximum Gasteiger partial charge on any atom is 0.0107 e. The van der Waals surface area contributed by atoms with E-state index in [1.54, 1.807) is 25.7 Å². The maximum absolute atomic E-state index is 2.75.